The zero-order chi connectivity index (χ0) is 13.4. The summed E-state index contributed by atoms with van der Waals surface area (Å²) in [6, 6.07) is 8.25. The first-order valence-electron chi connectivity index (χ1n) is 5.83. The van der Waals surface area contributed by atoms with Gasteiger partial charge in [0.25, 0.3) is 0 Å². The van der Waals surface area contributed by atoms with Crippen LogP contribution in [0.1, 0.15) is 24.4 Å². The van der Waals surface area contributed by atoms with Gasteiger partial charge in [-0.1, -0.05) is 39.8 Å². The van der Waals surface area contributed by atoms with Crippen LogP contribution in [0.15, 0.2) is 39.3 Å². The second kappa shape index (κ2) is 4.99. The smallest absolute Gasteiger partial charge is 0.214 e. The van der Waals surface area contributed by atoms with Crippen molar-refractivity contribution in [2.45, 2.75) is 18.1 Å². The summed E-state index contributed by atoms with van der Waals surface area (Å²) in [6.45, 7) is 2.00. The summed E-state index contributed by atoms with van der Waals surface area (Å²) >= 11 is 5.00. The molecule has 2 aromatic rings. The Kier molecular flexibility index (Phi) is 3.34. The third kappa shape index (κ3) is 2.41. The van der Waals surface area contributed by atoms with Crippen LogP contribution < -0.4 is 11.2 Å². The third-order valence-corrected chi connectivity index (χ3v) is 4.13. The lowest BCUT2D eigenvalue weighted by molar-refractivity contribution is -0.423. The molecule has 0 spiro atoms. The predicted molar refractivity (Wildman–Crippen MR) is 78.7 cm³/mol. The van der Waals surface area contributed by atoms with Crippen molar-refractivity contribution in [3.8, 4) is 0 Å². The zero-order valence-corrected chi connectivity index (χ0v) is 12.7. The van der Waals surface area contributed by atoms with Gasteiger partial charge in [-0.15, -0.1) is 10.2 Å². The second-order valence-electron chi connectivity index (χ2n) is 4.35. The van der Waals surface area contributed by atoms with Crippen LogP contribution in [0.25, 0.3) is 5.70 Å². The van der Waals surface area contributed by atoms with Gasteiger partial charge in [0.1, 0.15) is 6.04 Å². The van der Waals surface area contributed by atoms with Gasteiger partial charge in [-0.05, 0) is 19.1 Å². The van der Waals surface area contributed by atoms with Gasteiger partial charge in [-0.25, -0.2) is 4.68 Å². The Morgan fingerprint density at radius 3 is 2.74 bits per heavy atom. The molecule has 0 unspecified atom stereocenters. The molecule has 98 valence electrons. The highest BCUT2D eigenvalue weighted by molar-refractivity contribution is 9.10. The van der Waals surface area contributed by atoms with Crippen LogP contribution in [0.2, 0.25) is 0 Å². The van der Waals surface area contributed by atoms with E-state index in [-0.39, 0.29) is 6.04 Å². The average molecular weight is 339 g/mol. The van der Waals surface area contributed by atoms with Crippen LogP contribution >= 0.6 is 27.7 Å². The molecule has 0 saturated carbocycles. The normalized spacial score (nSPS) is 15.4. The highest BCUT2D eigenvalue weighted by atomic mass is 79.9. The summed E-state index contributed by atoms with van der Waals surface area (Å²) in [7, 11) is 0. The van der Waals surface area contributed by atoms with Gasteiger partial charge in [-0.3, -0.25) is 5.43 Å². The molecule has 1 aromatic carbocycles. The first-order valence-corrected chi connectivity index (χ1v) is 7.50. The van der Waals surface area contributed by atoms with E-state index in [4.69, 9.17) is 0 Å². The highest BCUT2D eigenvalue weighted by Gasteiger charge is 2.21. The van der Waals surface area contributed by atoms with Crippen molar-refractivity contribution in [2.75, 3.05) is 5.43 Å². The Hall–Kier alpha value is -1.31. The second-order valence-corrected chi connectivity index (χ2v) is 6.10. The minimum Gasteiger partial charge on any atom is -0.349 e. The molecule has 0 saturated heterocycles. The van der Waals surface area contributed by atoms with Crippen molar-refractivity contribution in [1.82, 2.24) is 14.9 Å². The Labute approximate surface area is 123 Å². The van der Waals surface area contributed by atoms with Crippen LogP contribution in [0, 0.1) is 0 Å². The van der Waals surface area contributed by atoms with Crippen molar-refractivity contribution in [1.29, 1.82) is 0 Å². The van der Waals surface area contributed by atoms with Crippen molar-refractivity contribution in [2.24, 2.45) is 0 Å². The first kappa shape index (κ1) is 12.7. The number of quaternary nitrogens is 1. The molecule has 0 fully saturated rings. The first-order chi connectivity index (χ1) is 9.15. The molecule has 0 bridgehead atoms. The molecule has 1 atom stereocenters. The molecule has 3 rings (SSSR count). The number of hydrogen-bond acceptors (Lipinski definition) is 4. The summed E-state index contributed by atoms with van der Waals surface area (Å²) in [5, 5.41) is 11.2. The third-order valence-electron chi connectivity index (χ3n) is 2.77. The van der Waals surface area contributed by atoms with Crippen LogP contribution in [0.5, 0.6) is 0 Å². The number of benzene rings is 1. The van der Waals surface area contributed by atoms with Crippen LogP contribution in [-0.2, 0) is 0 Å². The number of aromatic nitrogens is 3. The average Bonchev–Trinajstić information content (AvgIpc) is 2.82. The summed E-state index contributed by atoms with van der Waals surface area (Å²) in [6.07, 6.45) is 0. The van der Waals surface area contributed by atoms with Gasteiger partial charge in [-0.2, -0.15) is 0 Å². The topological polar surface area (TPSA) is 70.4 Å². The Balaban J connectivity index is 1.93. The maximum Gasteiger partial charge on any atom is 0.214 e. The number of nitrogens with zero attached hydrogens (tertiary/aromatic N) is 3. The maximum atomic E-state index is 4.17. The van der Waals surface area contributed by atoms with Crippen LogP contribution in [0.4, 0.5) is 0 Å². The molecule has 1 aliphatic rings. The number of halogens is 1. The molecule has 7 heteroatoms. The molecule has 0 radical (unpaired) electrons. The molecular formula is C12H13BrN5S+. The lowest BCUT2D eigenvalue weighted by Crippen LogP contribution is -2.53. The fourth-order valence-electron chi connectivity index (χ4n) is 1.80. The van der Waals surface area contributed by atoms with Gasteiger partial charge in [0.2, 0.25) is 11.0 Å². The monoisotopic (exact) mass is 338 g/mol. The Morgan fingerprint density at radius 2 is 2.05 bits per heavy atom. The molecule has 5 nitrogen and oxygen atoms in total. The number of hydrogen-bond donors (Lipinski definition) is 2. The van der Waals surface area contributed by atoms with E-state index in [2.05, 4.69) is 49.4 Å². The Bertz CT molecular complexity index is 632. The number of nitrogens with one attached hydrogen (secondary N) is 1. The fraction of sp³-hybridized carbons (Fsp3) is 0.167. The van der Waals surface area contributed by atoms with Crippen molar-refractivity contribution in [3.63, 3.8) is 0 Å². The lowest BCUT2D eigenvalue weighted by Gasteiger charge is -2.19. The maximum absolute atomic E-state index is 4.17. The van der Waals surface area contributed by atoms with E-state index >= 15 is 0 Å². The summed E-state index contributed by atoms with van der Waals surface area (Å²) in [4.78, 5) is 0. The van der Waals surface area contributed by atoms with E-state index in [0.29, 0.717) is 0 Å². The van der Waals surface area contributed by atoms with E-state index in [9.17, 15) is 0 Å². The van der Waals surface area contributed by atoms with Gasteiger partial charge >= 0.3 is 0 Å². The molecule has 0 aliphatic carbocycles. The van der Waals surface area contributed by atoms with Gasteiger partial charge in [0, 0.05) is 15.4 Å². The molecule has 4 N–H and O–H groups in total. The largest absolute Gasteiger partial charge is 0.349 e. The van der Waals surface area contributed by atoms with Gasteiger partial charge < -0.3 is 5.73 Å². The molecule has 0 amide bonds. The summed E-state index contributed by atoms with van der Waals surface area (Å²) < 4.78 is 2.97. The fourth-order valence-corrected chi connectivity index (χ4v) is 2.81. The number of rotatable bonds is 2. The van der Waals surface area contributed by atoms with Crippen molar-refractivity contribution >= 4 is 33.4 Å². The van der Waals surface area contributed by atoms with Crippen molar-refractivity contribution < 1.29 is 5.73 Å². The van der Waals surface area contributed by atoms with E-state index in [1.807, 2.05) is 29.1 Å². The molecule has 1 aromatic heterocycles. The highest BCUT2D eigenvalue weighted by Crippen LogP contribution is 2.29. The van der Waals surface area contributed by atoms with E-state index < -0.39 is 0 Å². The summed E-state index contributed by atoms with van der Waals surface area (Å²) in [5.74, 6) is 0.838. The number of thioether (sulfide) groups is 1. The standard InChI is InChI=1S/C12H12BrN5S/c1-7(14)11-15-16-12-18(11)17-10(6-19-12)8-2-4-9(13)5-3-8/h2-7,17H,14H2,1H3/p+1/t7-/m0/s1. The quantitative estimate of drug-likeness (QED) is 0.878. The van der Waals surface area contributed by atoms with Gasteiger partial charge in [0.15, 0.2) is 0 Å². The van der Waals surface area contributed by atoms with Crippen LogP contribution in [0.3, 0.4) is 0 Å². The minimum atomic E-state index is 0.0821. The SMILES string of the molecule is C[C@H]([NH3+])c1nnc2n1NC(c1ccc(Br)cc1)=CS2. The van der Waals surface area contributed by atoms with Crippen LogP contribution in [-0.4, -0.2) is 14.9 Å². The molecular weight excluding hydrogens is 326 g/mol. The Morgan fingerprint density at radius 1 is 1.32 bits per heavy atom. The number of fused-ring (bicyclic) bond motifs is 1. The molecule has 2 heterocycles. The summed E-state index contributed by atoms with van der Waals surface area (Å²) in [5.41, 5.74) is 9.50. The van der Waals surface area contributed by atoms with E-state index in [1.54, 1.807) is 11.8 Å². The molecule has 19 heavy (non-hydrogen) atoms. The van der Waals surface area contributed by atoms with E-state index in [0.717, 1.165) is 26.7 Å². The van der Waals surface area contributed by atoms with Gasteiger partial charge in [0.05, 0.1) is 5.70 Å². The van der Waals surface area contributed by atoms with E-state index in [1.165, 1.54) is 0 Å². The zero-order valence-electron chi connectivity index (χ0n) is 10.3. The van der Waals surface area contributed by atoms with Crippen molar-refractivity contribution in [3.05, 3.63) is 45.5 Å². The minimum absolute atomic E-state index is 0.0821. The lowest BCUT2D eigenvalue weighted by atomic mass is 10.2. The molecule has 1 aliphatic heterocycles. The predicted octanol–water partition coefficient (Wildman–Crippen LogP) is 1.99.